The number of hydrogen-bond donors (Lipinski definition) is 2. The van der Waals surface area contributed by atoms with Gasteiger partial charge >= 0.3 is 12.1 Å². The van der Waals surface area contributed by atoms with Gasteiger partial charge in [-0.05, 0) is 58.2 Å². The number of carboxylic acids is 1. The van der Waals surface area contributed by atoms with Crippen molar-refractivity contribution in [1.29, 1.82) is 0 Å². The Kier molecular flexibility index (Phi) is 8.44. The molecule has 0 heterocycles. The number of amides is 1. The fourth-order valence-corrected chi connectivity index (χ4v) is 3.72. The second-order valence-electron chi connectivity index (χ2n) is 6.45. The number of halogens is 7. The lowest BCUT2D eigenvalue weighted by Crippen LogP contribution is -2.38. The molecule has 2 unspecified atom stereocenters. The molecule has 4 nitrogen and oxygen atoms in total. The Morgan fingerprint density at radius 2 is 1.71 bits per heavy atom. The number of nitrogens with one attached hydrogen (secondary N) is 1. The number of allylic oxidation sites excluding steroid dienone is 1. The van der Waals surface area contributed by atoms with Crippen LogP contribution in [0.3, 0.4) is 0 Å². The molecule has 0 radical (unpaired) electrons. The lowest BCUT2D eigenvalue weighted by molar-refractivity contribution is -0.140. The van der Waals surface area contributed by atoms with Crippen LogP contribution >= 0.6 is 50.7 Å². The molecule has 0 bridgehead atoms. The van der Waals surface area contributed by atoms with Crippen molar-refractivity contribution in [2.75, 3.05) is 0 Å². The number of aliphatic carboxylic acids is 1. The summed E-state index contributed by atoms with van der Waals surface area (Å²) < 4.78 is 41.2. The fourth-order valence-electron chi connectivity index (χ4n) is 2.53. The van der Waals surface area contributed by atoms with Crippen LogP contribution < -0.4 is 5.32 Å². The van der Waals surface area contributed by atoms with E-state index in [1.54, 1.807) is 0 Å². The largest absolute Gasteiger partial charge is 0.480 e. The maximum atomic E-state index is 13.6. The second kappa shape index (κ2) is 10.3. The zero-order valence-corrected chi connectivity index (χ0v) is 19.5. The van der Waals surface area contributed by atoms with E-state index in [4.69, 9.17) is 39.9 Å². The van der Waals surface area contributed by atoms with Gasteiger partial charge in [0.2, 0.25) is 0 Å². The van der Waals surface area contributed by atoms with Crippen molar-refractivity contribution >= 4 is 68.7 Å². The van der Waals surface area contributed by atoms with E-state index in [1.165, 1.54) is 31.2 Å². The molecule has 0 aromatic heterocycles. The first-order valence-electron chi connectivity index (χ1n) is 8.53. The van der Waals surface area contributed by atoms with Gasteiger partial charge in [0, 0.05) is 4.47 Å². The van der Waals surface area contributed by atoms with E-state index >= 15 is 0 Å². The van der Waals surface area contributed by atoms with E-state index in [0.29, 0.717) is 5.56 Å². The molecule has 1 amide bonds. The van der Waals surface area contributed by atoms with Crippen LogP contribution in [0.2, 0.25) is 15.1 Å². The van der Waals surface area contributed by atoms with Gasteiger partial charge in [0.25, 0.3) is 5.91 Å². The summed E-state index contributed by atoms with van der Waals surface area (Å²) in [6, 6.07) is 5.33. The van der Waals surface area contributed by atoms with Gasteiger partial charge in [-0.25, -0.2) is 0 Å². The van der Waals surface area contributed by atoms with Crippen LogP contribution in [0.4, 0.5) is 13.2 Å². The third-order valence-electron chi connectivity index (χ3n) is 4.15. The van der Waals surface area contributed by atoms with Crippen molar-refractivity contribution in [3.05, 3.63) is 72.6 Å². The van der Waals surface area contributed by atoms with Crippen molar-refractivity contribution in [3.63, 3.8) is 0 Å². The number of alkyl halides is 3. The Balaban J connectivity index is 2.32. The molecule has 11 heteroatoms. The summed E-state index contributed by atoms with van der Waals surface area (Å²) in [5.74, 6) is -3.85. The van der Waals surface area contributed by atoms with E-state index in [-0.39, 0.29) is 30.7 Å². The van der Waals surface area contributed by atoms with Gasteiger partial charge in [-0.3, -0.25) is 9.59 Å². The zero-order chi connectivity index (χ0) is 23.5. The van der Waals surface area contributed by atoms with Gasteiger partial charge in [-0.1, -0.05) is 53.0 Å². The third-order valence-corrected chi connectivity index (χ3v) is 6.01. The SMILES string of the molecule is CC(NC(=O)c1ccc(/C=C/C(c2cc(Cl)c(Cl)c(Cl)c2)C(F)(F)F)cc1Br)C(=O)O. The summed E-state index contributed by atoms with van der Waals surface area (Å²) >= 11 is 20.7. The van der Waals surface area contributed by atoms with Crippen LogP contribution in [0.1, 0.15) is 34.3 Å². The molecule has 166 valence electrons. The Labute approximate surface area is 199 Å². The zero-order valence-electron chi connectivity index (χ0n) is 15.6. The maximum Gasteiger partial charge on any atom is 0.399 e. The molecule has 31 heavy (non-hydrogen) atoms. The summed E-state index contributed by atoms with van der Waals surface area (Å²) in [5.41, 5.74) is 0.324. The van der Waals surface area contributed by atoms with E-state index in [2.05, 4.69) is 21.2 Å². The Hall–Kier alpha value is -1.74. The van der Waals surface area contributed by atoms with Gasteiger partial charge < -0.3 is 10.4 Å². The Bertz CT molecular complexity index is 1020. The number of rotatable bonds is 6. The summed E-state index contributed by atoms with van der Waals surface area (Å²) in [6.45, 7) is 1.30. The summed E-state index contributed by atoms with van der Waals surface area (Å²) in [7, 11) is 0. The highest BCUT2D eigenvalue weighted by Gasteiger charge is 2.39. The quantitative estimate of drug-likeness (QED) is 0.376. The van der Waals surface area contributed by atoms with E-state index < -0.39 is 30.0 Å². The van der Waals surface area contributed by atoms with Gasteiger partial charge in [-0.2, -0.15) is 13.2 Å². The number of hydrogen-bond acceptors (Lipinski definition) is 2. The number of carbonyl (C=O) groups is 2. The van der Waals surface area contributed by atoms with Gasteiger partial charge in [-0.15, -0.1) is 0 Å². The van der Waals surface area contributed by atoms with E-state index in [1.807, 2.05) is 0 Å². The molecule has 0 saturated carbocycles. The van der Waals surface area contributed by atoms with E-state index in [9.17, 15) is 22.8 Å². The van der Waals surface area contributed by atoms with Crippen LogP contribution in [0, 0.1) is 0 Å². The lowest BCUT2D eigenvalue weighted by atomic mass is 9.97. The predicted octanol–water partition coefficient (Wildman–Crippen LogP) is 6.97. The predicted molar refractivity (Wildman–Crippen MR) is 118 cm³/mol. The van der Waals surface area contributed by atoms with Crippen LogP contribution in [-0.2, 0) is 4.79 Å². The molecule has 0 aliphatic heterocycles. The highest BCUT2D eigenvalue weighted by Crippen LogP contribution is 2.41. The van der Waals surface area contributed by atoms with E-state index in [0.717, 1.165) is 18.2 Å². The Morgan fingerprint density at radius 3 is 2.19 bits per heavy atom. The van der Waals surface area contributed by atoms with Crippen molar-refractivity contribution < 1.29 is 27.9 Å². The molecular formula is C20H14BrCl3F3NO3. The average molecular weight is 560 g/mol. The Morgan fingerprint density at radius 1 is 1.13 bits per heavy atom. The first-order chi connectivity index (χ1) is 14.3. The van der Waals surface area contributed by atoms with Gasteiger partial charge in [0.05, 0.1) is 26.5 Å². The molecule has 2 aromatic rings. The van der Waals surface area contributed by atoms with Crippen LogP contribution in [-0.4, -0.2) is 29.2 Å². The maximum absolute atomic E-state index is 13.6. The first-order valence-corrected chi connectivity index (χ1v) is 10.5. The third kappa shape index (κ3) is 6.62. The van der Waals surface area contributed by atoms with Crippen molar-refractivity contribution in [1.82, 2.24) is 5.32 Å². The average Bonchev–Trinajstić information content (AvgIpc) is 2.64. The smallest absolute Gasteiger partial charge is 0.399 e. The lowest BCUT2D eigenvalue weighted by Gasteiger charge is -2.18. The highest BCUT2D eigenvalue weighted by molar-refractivity contribution is 9.10. The van der Waals surface area contributed by atoms with Crippen molar-refractivity contribution in [3.8, 4) is 0 Å². The minimum absolute atomic E-state index is 0.0352. The molecule has 2 atom stereocenters. The molecule has 0 aliphatic rings. The summed E-state index contributed by atoms with van der Waals surface area (Å²) in [4.78, 5) is 23.0. The molecular weight excluding hydrogens is 545 g/mol. The fraction of sp³-hybridized carbons (Fsp3) is 0.200. The van der Waals surface area contributed by atoms with Gasteiger partial charge in [0.1, 0.15) is 6.04 Å². The number of carboxylic acid groups (broad SMARTS) is 1. The van der Waals surface area contributed by atoms with Crippen LogP contribution in [0.5, 0.6) is 0 Å². The van der Waals surface area contributed by atoms with Crippen LogP contribution in [0.25, 0.3) is 6.08 Å². The van der Waals surface area contributed by atoms with Crippen LogP contribution in [0.15, 0.2) is 40.9 Å². The topological polar surface area (TPSA) is 66.4 Å². The normalized spacial score (nSPS) is 13.8. The number of carbonyl (C=O) groups excluding carboxylic acids is 1. The molecule has 2 N–H and O–H groups in total. The molecule has 0 saturated heterocycles. The van der Waals surface area contributed by atoms with Crippen molar-refractivity contribution in [2.45, 2.75) is 25.1 Å². The first kappa shape index (κ1) is 25.5. The molecule has 2 aromatic carbocycles. The summed E-state index contributed by atoms with van der Waals surface area (Å²) in [5, 5.41) is 10.9. The minimum Gasteiger partial charge on any atom is -0.480 e. The molecule has 0 aliphatic carbocycles. The minimum atomic E-state index is -4.62. The van der Waals surface area contributed by atoms with Crippen molar-refractivity contribution in [2.24, 2.45) is 0 Å². The standard InChI is InChI=1S/C20H14BrCl3F3NO3/c1-9(19(30)31)28-18(29)12-4-2-10(6-14(12)21)3-5-13(20(25,26)27)11-7-15(22)17(24)16(23)8-11/h2-9,13H,1H3,(H,28,29)(H,30,31)/b5-3+. The number of benzene rings is 2. The second-order valence-corrected chi connectivity index (χ2v) is 8.50. The highest BCUT2D eigenvalue weighted by atomic mass is 79.9. The molecule has 0 spiro atoms. The summed E-state index contributed by atoms with van der Waals surface area (Å²) in [6.07, 6.45) is -2.45. The molecule has 2 rings (SSSR count). The molecule has 0 fully saturated rings. The monoisotopic (exact) mass is 557 g/mol. The van der Waals surface area contributed by atoms with Gasteiger partial charge in [0.15, 0.2) is 0 Å².